The molecule has 0 atom stereocenters. The molecule has 1 saturated carbocycles. The molecular weight excluding hydrogens is 528 g/mol. The van der Waals surface area contributed by atoms with E-state index >= 15 is 0 Å². The van der Waals surface area contributed by atoms with Crippen LogP contribution in [0, 0.1) is 13.8 Å². The van der Waals surface area contributed by atoms with Crippen LogP contribution in [0.2, 0.25) is 0 Å². The zero-order valence-corrected chi connectivity index (χ0v) is 22.9. The van der Waals surface area contributed by atoms with E-state index in [0.29, 0.717) is 0 Å². The number of benzene rings is 4. The summed E-state index contributed by atoms with van der Waals surface area (Å²) >= 11 is 0. The van der Waals surface area contributed by atoms with E-state index in [1.807, 2.05) is 38.1 Å². The van der Waals surface area contributed by atoms with Gasteiger partial charge in [0.15, 0.2) is 0 Å². The van der Waals surface area contributed by atoms with E-state index < -0.39 is 21.8 Å². The molecule has 0 saturated heterocycles. The Kier molecular flexibility index (Phi) is 6.30. The molecule has 5 aromatic rings. The molecule has 0 radical (unpaired) electrons. The maximum absolute atomic E-state index is 13.3. The van der Waals surface area contributed by atoms with Crippen molar-refractivity contribution >= 4 is 37.8 Å². The summed E-state index contributed by atoms with van der Waals surface area (Å²) in [5.41, 5.74) is 4.26. The van der Waals surface area contributed by atoms with Crippen molar-refractivity contribution in [3.05, 3.63) is 89.2 Å². The first-order valence-electron chi connectivity index (χ1n) is 13.2. The van der Waals surface area contributed by atoms with Gasteiger partial charge in [0.05, 0.1) is 0 Å². The Labute approximate surface area is 231 Å². The van der Waals surface area contributed by atoms with Crippen LogP contribution in [0.3, 0.4) is 0 Å². The molecule has 8 heteroatoms. The third-order valence-electron chi connectivity index (χ3n) is 7.96. The van der Waals surface area contributed by atoms with E-state index in [2.05, 4.69) is 18.2 Å². The van der Waals surface area contributed by atoms with E-state index in [1.165, 1.54) is 0 Å². The van der Waals surface area contributed by atoms with Crippen LogP contribution in [-0.2, 0) is 10.1 Å². The highest BCUT2D eigenvalue weighted by Crippen LogP contribution is 2.45. The molecule has 1 aromatic heterocycles. The fourth-order valence-corrected chi connectivity index (χ4v) is 6.82. The van der Waals surface area contributed by atoms with Crippen LogP contribution in [0.25, 0.3) is 32.9 Å². The van der Waals surface area contributed by atoms with Gasteiger partial charge in [-0.2, -0.15) is 8.42 Å². The van der Waals surface area contributed by atoms with Crippen molar-refractivity contribution in [2.24, 2.45) is 0 Å². The Morgan fingerprint density at radius 2 is 1.73 bits per heavy atom. The smallest absolute Gasteiger partial charge is 0.339 e. The molecule has 1 aliphatic rings. The zero-order chi connectivity index (χ0) is 28.2. The molecule has 204 valence electrons. The van der Waals surface area contributed by atoms with Crippen LogP contribution in [-0.4, -0.2) is 24.6 Å². The van der Waals surface area contributed by atoms with Gasteiger partial charge in [0, 0.05) is 17.0 Å². The van der Waals surface area contributed by atoms with E-state index in [1.54, 1.807) is 6.07 Å². The van der Waals surface area contributed by atoms with Crippen LogP contribution in [0.5, 0.6) is 11.5 Å². The molecule has 0 aliphatic heterocycles. The zero-order valence-electron chi connectivity index (χ0n) is 22.1. The average molecular weight is 557 g/mol. The highest BCUT2D eigenvalue weighted by molar-refractivity contribution is 7.87. The molecule has 2 N–H and O–H groups in total. The molecule has 0 spiro atoms. The number of carbonyl (C=O) groups is 1. The Morgan fingerprint density at radius 3 is 2.45 bits per heavy atom. The van der Waals surface area contributed by atoms with Gasteiger partial charge in [0.1, 0.15) is 33.3 Å². The predicted molar refractivity (Wildman–Crippen MR) is 153 cm³/mol. The van der Waals surface area contributed by atoms with E-state index in [4.69, 9.17) is 8.60 Å². The van der Waals surface area contributed by atoms with Crippen molar-refractivity contribution in [1.29, 1.82) is 0 Å². The SMILES string of the molecule is Cc1oc2cc3ccccc3c(-c3ccc(OS(=O)(=O)c4ccc(C(=O)O)c(O)c4)c(C4CCCC4)c3)c2c1C. The Hall–Kier alpha value is -4.30. The van der Waals surface area contributed by atoms with Crippen LogP contribution in [0.4, 0.5) is 0 Å². The van der Waals surface area contributed by atoms with E-state index in [-0.39, 0.29) is 22.1 Å². The van der Waals surface area contributed by atoms with Crippen LogP contribution in [0.1, 0.15) is 58.8 Å². The van der Waals surface area contributed by atoms with Crippen molar-refractivity contribution in [3.63, 3.8) is 0 Å². The van der Waals surface area contributed by atoms with E-state index in [9.17, 15) is 23.4 Å². The molecular formula is C32H28O7S. The number of aryl methyl sites for hydroxylation is 2. The van der Waals surface area contributed by atoms with Crippen molar-refractivity contribution in [3.8, 4) is 22.6 Å². The third kappa shape index (κ3) is 4.38. The van der Waals surface area contributed by atoms with Crippen LogP contribution in [0.15, 0.2) is 76.0 Å². The second-order valence-electron chi connectivity index (χ2n) is 10.4. The van der Waals surface area contributed by atoms with Gasteiger partial charge in [-0.25, -0.2) is 4.79 Å². The highest BCUT2D eigenvalue weighted by atomic mass is 32.2. The standard InChI is InChI=1S/C32H28O7S/c1-18-19(2)38-29-16-21-9-5-6-10-24(21)31(30(18)29)22-11-14-28(26(15-22)20-7-3-4-8-20)39-40(36,37)23-12-13-25(32(34)35)27(33)17-23/h5-6,9-17,20,33H,3-4,7-8H2,1-2H3,(H,34,35). The predicted octanol–water partition coefficient (Wildman–Crippen LogP) is 7.70. The summed E-state index contributed by atoms with van der Waals surface area (Å²) in [6.45, 7) is 4.00. The minimum atomic E-state index is -4.35. The van der Waals surface area contributed by atoms with Crippen LogP contribution >= 0.6 is 0 Å². The van der Waals surface area contributed by atoms with Gasteiger partial charge in [-0.15, -0.1) is 0 Å². The number of rotatable bonds is 6. The fourth-order valence-electron chi connectivity index (χ4n) is 5.84. The monoisotopic (exact) mass is 556 g/mol. The highest BCUT2D eigenvalue weighted by Gasteiger charge is 2.27. The third-order valence-corrected chi connectivity index (χ3v) is 9.19. The molecule has 0 amide bonds. The van der Waals surface area contributed by atoms with Crippen molar-refractivity contribution in [1.82, 2.24) is 0 Å². The van der Waals surface area contributed by atoms with Gasteiger partial charge in [-0.05, 0) is 90.4 Å². The summed E-state index contributed by atoms with van der Waals surface area (Å²) < 4.78 is 38.3. The lowest BCUT2D eigenvalue weighted by molar-refractivity contribution is 0.0693. The second-order valence-corrected chi connectivity index (χ2v) is 11.9. The van der Waals surface area contributed by atoms with Gasteiger partial charge < -0.3 is 18.8 Å². The Balaban J connectivity index is 1.50. The number of aromatic carboxylic acids is 1. The summed E-state index contributed by atoms with van der Waals surface area (Å²) in [5, 5.41) is 22.4. The summed E-state index contributed by atoms with van der Waals surface area (Å²) in [6, 6.07) is 18.9. The normalized spacial score (nSPS) is 14.2. The maximum atomic E-state index is 13.3. The summed E-state index contributed by atoms with van der Waals surface area (Å²) in [5.74, 6) is -0.785. The number of fused-ring (bicyclic) bond motifs is 2. The number of carboxylic acids is 1. The van der Waals surface area contributed by atoms with Crippen LogP contribution < -0.4 is 4.18 Å². The lowest BCUT2D eigenvalue weighted by atomic mass is 9.89. The largest absolute Gasteiger partial charge is 0.507 e. The first kappa shape index (κ1) is 26.0. The van der Waals surface area contributed by atoms with Crippen molar-refractivity contribution in [2.45, 2.75) is 50.3 Å². The molecule has 1 fully saturated rings. The fraction of sp³-hybridized carbons (Fsp3) is 0.219. The number of hydrogen-bond acceptors (Lipinski definition) is 6. The number of furan rings is 1. The quantitative estimate of drug-likeness (QED) is 0.206. The molecule has 4 aromatic carbocycles. The molecule has 1 heterocycles. The summed E-state index contributed by atoms with van der Waals surface area (Å²) in [7, 11) is -4.35. The van der Waals surface area contributed by atoms with Gasteiger partial charge >= 0.3 is 16.1 Å². The average Bonchev–Trinajstić information content (AvgIpc) is 3.55. The lowest BCUT2D eigenvalue weighted by Crippen LogP contribution is -2.12. The maximum Gasteiger partial charge on any atom is 0.339 e. The Bertz CT molecular complexity index is 1910. The first-order chi connectivity index (χ1) is 19.1. The summed E-state index contributed by atoms with van der Waals surface area (Å²) in [6.07, 6.45) is 3.93. The van der Waals surface area contributed by atoms with Crippen molar-refractivity contribution < 1.29 is 32.0 Å². The number of phenols is 1. The van der Waals surface area contributed by atoms with Gasteiger partial charge in [0.25, 0.3) is 0 Å². The molecule has 7 nitrogen and oxygen atoms in total. The lowest BCUT2D eigenvalue weighted by Gasteiger charge is -2.19. The minimum Gasteiger partial charge on any atom is -0.507 e. The summed E-state index contributed by atoms with van der Waals surface area (Å²) in [4.78, 5) is 10.9. The van der Waals surface area contributed by atoms with E-state index in [0.717, 1.165) is 93.6 Å². The van der Waals surface area contributed by atoms with Crippen molar-refractivity contribution in [2.75, 3.05) is 0 Å². The number of hydrogen-bond donors (Lipinski definition) is 2. The molecule has 6 rings (SSSR count). The number of carboxylic acid groups (broad SMARTS) is 1. The Morgan fingerprint density at radius 1 is 0.975 bits per heavy atom. The van der Waals surface area contributed by atoms with Gasteiger partial charge in [-0.3, -0.25) is 0 Å². The second kappa shape index (κ2) is 9.71. The minimum absolute atomic E-state index is 0.130. The molecule has 40 heavy (non-hydrogen) atoms. The molecule has 0 bridgehead atoms. The topological polar surface area (TPSA) is 114 Å². The molecule has 0 unspecified atom stereocenters. The number of aromatic hydroxyl groups is 1. The first-order valence-corrected chi connectivity index (χ1v) is 14.6. The molecule has 1 aliphatic carbocycles. The van der Waals surface area contributed by atoms with Gasteiger partial charge in [0.2, 0.25) is 0 Å². The van der Waals surface area contributed by atoms with Gasteiger partial charge in [-0.1, -0.05) is 43.2 Å².